The van der Waals surface area contributed by atoms with Gasteiger partial charge in [-0.2, -0.15) is 0 Å². The molecule has 1 saturated carbocycles. The number of rotatable bonds is 5. The molecule has 86 valence electrons. The summed E-state index contributed by atoms with van der Waals surface area (Å²) in [7, 11) is 3.77. The molecule has 15 heavy (non-hydrogen) atoms. The van der Waals surface area contributed by atoms with Gasteiger partial charge in [0.2, 0.25) is 0 Å². The fraction of sp³-hybridized carbons (Fsp3) is 0.800. The Labute approximate surface area is 88.7 Å². The minimum Gasteiger partial charge on any atom is -0.466 e. The summed E-state index contributed by atoms with van der Waals surface area (Å²) in [5.74, 6) is -1.03. The first-order valence-electron chi connectivity index (χ1n) is 4.82. The Hall–Kier alpha value is -1.10. The fourth-order valence-corrected chi connectivity index (χ4v) is 1.56. The first kappa shape index (κ1) is 12.0. The lowest BCUT2D eigenvalue weighted by molar-refractivity contribution is -0.185. The van der Waals surface area contributed by atoms with Crippen molar-refractivity contribution >= 4 is 11.9 Å². The molecule has 0 amide bonds. The Morgan fingerprint density at radius 3 is 1.87 bits per heavy atom. The standard InChI is InChI=1S/C10H16O5/c1-13-8(11)10(15-3,9(12)14-2)6-7-4-5-7/h7H,4-6H2,1-3H3. The highest BCUT2D eigenvalue weighted by molar-refractivity contribution is 6.03. The molecule has 0 radical (unpaired) electrons. The topological polar surface area (TPSA) is 61.8 Å². The highest BCUT2D eigenvalue weighted by Gasteiger charge is 2.52. The molecular weight excluding hydrogens is 200 g/mol. The number of methoxy groups -OCH3 is 3. The maximum Gasteiger partial charge on any atom is 0.350 e. The second-order valence-corrected chi connectivity index (χ2v) is 3.66. The molecule has 0 bridgehead atoms. The van der Waals surface area contributed by atoms with Crippen LogP contribution in [0, 0.1) is 5.92 Å². The predicted octanol–water partition coefficient (Wildman–Crippen LogP) is 0.518. The normalized spacial score (nSPS) is 15.9. The van der Waals surface area contributed by atoms with E-state index >= 15 is 0 Å². The van der Waals surface area contributed by atoms with E-state index < -0.39 is 17.5 Å². The van der Waals surface area contributed by atoms with Crippen LogP contribution in [0.2, 0.25) is 0 Å². The average molecular weight is 216 g/mol. The van der Waals surface area contributed by atoms with Crippen molar-refractivity contribution in [3.8, 4) is 0 Å². The van der Waals surface area contributed by atoms with Crippen LogP contribution in [0.25, 0.3) is 0 Å². The summed E-state index contributed by atoms with van der Waals surface area (Å²) in [6.07, 6.45) is 2.36. The number of hydrogen-bond acceptors (Lipinski definition) is 5. The van der Waals surface area contributed by atoms with E-state index in [1.165, 1.54) is 21.3 Å². The van der Waals surface area contributed by atoms with Gasteiger partial charge in [-0.25, -0.2) is 9.59 Å². The van der Waals surface area contributed by atoms with E-state index in [4.69, 9.17) is 4.74 Å². The van der Waals surface area contributed by atoms with Crippen molar-refractivity contribution in [2.75, 3.05) is 21.3 Å². The van der Waals surface area contributed by atoms with Crippen LogP contribution in [-0.4, -0.2) is 38.9 Å². The van der Waals surface area contributed by atoms with Gasteiger partial charge in [0.1, 0.15) is 0 Å². The SMILES string of the molecule is COC(=O)C(CC1CC1)(OC)C(=O)OC. The predicted molar refractivity (Wildman–Crippen MR) is 51.1 cm³/mol. The second-order valence-electron chi connectivity index (χ2n) is 3.66. The molecule has 1 rings (SSSR count). The van der Waals surface area contributed by atoms with E-state index in [2.05, 4.69) is 9.47 Å². The van der Waals surface area contributed by atoms with Crippen molar-refractivity contribution in [2.45, 2.75) is 24.9 Å². The smallest absolute Gasteiger partial charge is 0.350 e. The Balaban J connectivity index is 2.87. The van der Waals surface area contributed by atoms with Crippen LogP contribution in [0.1, 0.15) is 19.3 Å². The molecule has 0 aromatic heterocycles. The van der Waals surface area contributed by atoms with Crippen LogP contribution in [0.4, 0.5) is 0 Å². The molecule has 0 N–H and O–H groups in total. The first-order chi connectivity index (χ1) is 7.10. The maximum atomic E-state index is 11.6. The molecule has 5 nitrogen and oxygen atoms in total. The van der Waals surface area contributed by atoms with Crippen molar-refractivity contribution in [3.63, 3.8) is 0 Å². The van der Waals surface area contributed by atoms with E-state index in [9.17, 15) is 9.59 Å². The largest absolute Gasteiger partial charge is 0.466 e. The van der Waals surface area contributed by atoms with E-state index in [0.29, 0.717) is 12.3 Å². The highest BCUT2D eigenvalue weighted by Crippen LogP contribution is 2.39. The zero-order valence-electron chi connectivity index (χ0n) is 9.24. The third-order valence-corrected chi connectivity index (χ3v) is 2.65. The number of ether oxygens (including phenoxy) is 3. The molecule has 1 aliphatic carbocycles. The number of carbonyl (C=O) groups is 2. The Kier molecular flexibility index (Phi) is 3.68. The molecule has 0 saturated heterocycles. The Morgan fingerprint density at radius 1 is 1.13 bits per heavy atom. The summed E-state index contributed by atoms with van der Waals surface area (Å²) in [5.41, 5.74) is -1.58. The molecule has 0 spiro atoms. The van der Waals surface area contributed by atoms with Gasteiger partial charge in [0, 0.05) is 13.5 Å². The van der Waals surface area contributed by atoms with Gasteiger partial charge in [0.05, 0.1) is 14.2 Å². The van der Waals surface area contributed by atoms with Crippen molar-refractivity contribution in [2.24, 2.45) is 5.92 Å². The van der Waals surface area contributed by atoms with Crippen molar-refractivity contribution in [1.29, 1.82) is 0 Å². The zero-order valence-corrected chi connectivity index (χ0v) is 9.24. The van der Waals surface area contributed by atoms with Gasteiger partial charge in [-0.3, -0.25) is 0 Å². The lowest BCUT2D eigenvalue weighted by Gasteiger charge is -2.26. The van der Waals surface area contributed by atoms with E-state index in [-0.39, 0.29) is 0 Å². The van der Waals surface area contributed by atoms with Gasteiger partial charge >= 0.3 is 11.9 Å². The second kappa shape index (κ2) is 4.61. The molecule has 5 heteroatoms. The maximum absolute atomic E-state index is 11.6. The average Bonchev–Trinajstić information content (AvgIpc) is 3.07. The molecule has 0 heterocycles. The minimum atomic E-state index is -1.58. The van der Waals surface area contributed by atoms with Crippen molar-refractivity contribution in [1.82, 2.24) is 0 Å². The third-order valence-electron chi connectivity index (χ3n) is 2.65. The van der Waals surface area contributed by atoms with Crippen LogP contribution >= 0.6 is 0 Å². The fourth-order valence-electron chi connectivity index (χ4n) is 1.56. The number of hydrogen-bond donors (Lipinski definition) is 0. The Bertz CT molecular complexity index is 241. The number of esters is 2. The molecule has 0 unspecified atom stereocenters. The minimum absolute atomic E-state index is 0.336. The molecule has 0 aromatic carbocycles. The van der Waals surface area contributed by atoms with Crippen LogP contribution in [0.3, 0.4) is 0 Å². The van der Waals surface area contributed by atoms with Gasteiger partial charge in [-0.1, -0.05) is 12.8 Å². The highest BCUT2D eigenvalue weighted by atomic mass is 16.6. The lowest BCUT2D eigenvalue weighted by Crippen LogP contribution is -2.50. The quantitative estimate of drug-likeness (QED) is 0.495. The summed E-state index contributed by atoms with van der Waals surface area (Å²) < 4.78 is 14.2. The lowest BCUT2D eigenvalue weighted by atomic mass is 9.96. The molecule has 1 fully saturated rings. The van der Waals surface area contributed by atoms with Crippen LogP contribution in [-0.2, 0) is 23.8 Å². The molecule has 0 atom stereocenters. The van der Waals surface area contributed by atoms with Crippen molar-refractivity contribution < 1.29 is 23.8 Å². The van der Waals surface area contributed by atoms with Gasteiger partial charge in [0.25, 0.3) is 5.60 Å². The molecular formula is C10H16O5. The van der Waals surface area contributed by atoms with Gasteiger partial charge < -0.3 is 14.2 Å². The van der Waals surface area contributed by atoms with Crippen molar-refractivity contribution in [3.05, 3.63) is 0 Å². The van der Waals surface area contributed by atoms with Gasteiger partial charge in [-0.15, -0.1) is 0 Å². The monoisotopic (exact) mass is 216 g/mol. The first-order valence-corrected chi connectivity index (χ1v) is 4.82. The van der Waals surface area contributed by atoms with Crippen LogP contribution < -0.4 is 0 Å². The summed E-state index contributed by atoms with van der Waals surface area (Å²) in [6.45, 7) is 0. The van der Waals surface area contributed by atoms with Gasteiger partial charge in [0.15, 0.2) is 0 Å². The zero-order chi connectivity index (χ0) is 11.5. The van der Waals surface area contributed by atoms with Gasteiger partial charge in [-0.05, 0) is 5.92 Å². The van der Waals surface area contributed by atoms with Crippen LogP contribution in [0.15, 0.2) is 0 Å². The van der Waals surface area contributed by atoms with E-state index in [0.717, 1.165) is 12.8 Å². The Morgan fingerprint density at radius 2 is 1.60 bits per heavy atom. The summed E-state index contributed by atoms with van der Waals surface area (Å²) in [5, 5.41) is 0. The molecule has 0 aliphatic heterocycles. The number of carbonyl (C=O) groups excluding carboxylic acids is 2. The summed E-state index contributed by atoms with van der Waals surface area (Å²) in [6, 6.07) is 0. The van der Waals surface area contributed by atoms with Crippen LogP contribution in [0.5, 0.6) is 0 Å². The van der Waals surface area contributed by atoms with E-state index in [1.807, 2.05) is 0 Å². The summed E-state index contributed by atoms with van der Waals surface area (Å²) >= 11 is 0. The molecule has 0 aromatic rings. The summed E-state index contributed by atoms with van der Waals surface area (Å²) in [4.78, 5) is 23.2. The third kappa shape index (κ3) is 2.28. The molecule has 1 aliphatic rings. The van der Waals surface area contributed by atoms with E-state index in [1.54, 1.807) is 0 Å².